The number of nitrogens with one attached hydrogen (secondary N) is 2. The fourth-order valence-electron chi connectivity index (χ4n) is 4.55. The molecule has 168 valence electrons. The predicted molar refractivity (Wildman–Crippen MR) is 128 cm³/mol. The van der Waals surface area contributed by atoms with Crippen molar-refractivity contribution in [3.8, 4) is 11.1 Å². The molecule has 33 heavy (non-hydrogen) atoms. The standard InChI is InChI=1S/C26H27N5O2/c32-18-26(14-7-8-15-26)29-25(33)24-28-23(27-17-19-9-3-1-4-10-19)22-21(13-16-31(22)30-24)20-11-5-2-6-12-20/h1-6,9-13,16,32H,7-8,14-15,17-18H2,(H,29,33)(H,27,28,30). The number of anilines is 1. The molecule has 2 aromatic heterocycles. The van der Waals surface area contributed by atoms with Crippen molar-refractivity contribution in [3.63, 3.8) is 0 Å². The maximum atomic E-state index is 13.1. The number of hydrogen-bond donors (Lipinski definition) is 3. The number of aliphatic hydroxyl groups excluding tert-OH is 1. The van der Waals surface area contributed by atoms with E-state index in [9.17, 15) is 9.90 Å². The number of carbonyl (C=O) groups excluding carboxylic acids is 1. The van der Waals surface area contributed by atoms with Gasteiger partial charge in [-0.25, -0.2) is 9.50 Å². The van der Waals surface area contributed by atoms with Gasteiger partial charge in [0.15, 0.2) is 5.82 Å². The minimum atomic E-state index is -0.584. The van der Waals surface area contributed by atoms with Gasteiger partial charge in [-0.1, -0.05) is 73.5 Å². The van der Waals surface area contributed by atoms with Crippen LogP contribution in [0.3, 0.4) is 0 Å². The Hall–Kier alpha value is -3.71. The number of aliphatic hydroxyl groups is 1. The first-order valence-corrected chi connectivity index (χ1v) is 11.3. The van der Waals surface area contributed by atoms with Crippen molar-refractivity contribution < 1.29 is 9.90 Å². The van der Waals surface area contributed by atoms with Crippen LogP contribution < -0.4 is 10.6 Å². The summed E-state index contributed by atoms with van der Waals surface area (Å²) in [4.78, 5) is 17.8. The third-order valence-corrected chi connectivity index (χ3v) is 6.34. The van der Waals surface area contributed by atoms with Crippen LogP contribution in [-0.4, -0.2) is 37.8 Å². The molecule has 3 N–H and O–H groups in total. The largest absolute Gasteiger partial charge is 0.394 e. The highest BCUT2D eigenvalue weighted by Gasteiger charge is 2.35. The van der Waals surface area contributed by atoms with Gasteiger partial charge >= 0.3 is 0 Å². The van der Waals surface area contributed by atoms with Crippen LogP contribution in [-0.2, 0) is 6.54 Å². The van der Waals surface area contributed by atoms with E-state index in [1.165, 1.54) is 0 Å². The molecule has 1 saturated carbocycles. The first kappa shape index (κ1) is 21.2. The lowest BCUT2D eigenvalue weighted by Crippen LogP contribution is -2.49. The van der Waals surface area contributed by atoms with Crippen molar-refractivity contribution in [3.05, 3.63) is 84.3 Å². The van der Waals surface area contributed by atoms with E-state index in [2.05, 4.69) is 20.7 Å². The molecule has 1 aliphatic rings. The molecule has 1 fully saturated rings. The molecule has 0 saturated heterocycles. The van der Waals surface area contributed by atoms with Crippen LogP contribution in [0.5, 0.6) is 0 Å². The van der Waals surface area contributed by atoms with Crippen molar-refractivity contribution in [2.24, 2.45) is 0 Å². The Labute approximate surface area is 192 Å². The lowest BCUT2D eigenvalue weighted by molar-refractivity contribution is 0.0826. The third-order valence-electron chi connectivity index (χ3n) is 6.34. The summed E-state index contributed by atoms with van der Waals surface area (Å²) in [6.07, 6.45) is 5.35. The highest BCUT2D eigenvalue weighted by molar-refractivity contribution is 5.94. The SMILES string of the molecule is O=C(NC1(CO)CCCC1)c1nc(NCc2ccccc2)c2c(-c3ccccc3)ccn2n1. The van der Waals surface area contributed by atoms with Gasteiger partial charge in [-0.2, -0.15) is 0 Å². The van der Waals surface area contributed by atoms with Crippen LogP contribution in [0, 0.1) is 0 Å². The Morgan fingerprint density at radius 3 is 2.39 bits per heavy atom. The molecule has 0 atom stereocenters. The molecular formula is C26H27N5O2. The van der Waals surface area contributed by atoms with Gasteiger partial charge in [-0.3, -0.25) is 4.79 Å². The first-order valence-electron chi connectivity index (χ1n) is 11.3. The molecule has 0 bridgehead atoms. The summed E-state index contributed by atoms with van der Waals surface area (Å²) in [5, 5.41) is 20.8. The van der Waals surface area contributed by atoms with Gasteiger partial charge in [-0.05, 0) is 30.0 Å². The summed E-state index contributed by atoms with van der Waals surface area (Å²) >= 11 is 0. The second-order valence-corrected chi connectivity index (χ2v) is 8.61. The zero-order valence-electron chi connectivity index (χ0n) is 18.4. The van der Waals surface area contributed by atoms with Crippen LogP contribution in [0.25, 0.3) is 16.6 Å². The van der Waals surface area contributed by atoms with Crippen molar-refractivity contribution in [1.82, 2.24) is 19.9 Å². The van der Waals surface area contributed by atoms with Crippen molar-refractivity contribution in [1.29, 1.82) is 0 Å². The van der Waals surface area contributed by atoms with Gasteiger partial charge in [0.1, 0.15) is 5.52 Å². The molecule has 4 aromatic rings. The number of rotatable bonds is 7. The van der Waals surface area contributed by atoms with E-state index in [4.69, 9.17) is 0 Å². The molecule has 1 aliphatic carbocycles. The number of benzene rings is 2. The summed E-state index contributed by atoms with van der Waals surface area (Å²) in [5.41, 5.74) is 3.37. The number of amides is 1. The number of aromatic nitrogens is 3. The van der Waals surface area contributed by atoms with Crippen LogP contribution in [0.15, 0.2) is 72.9 Å². The molecule has 0 radical (unpaired) electrons. The van der Waals surface area contributed by atoms with E-state index >= 15 is 0 Å². The highest BCUT2D eigenvalue weighted by Crippen LogP contribution is 2.31. The number of hydrogen-bond acceptors (Lipinski definition) is 5. The van der Waals surface area contributed by atoms with Crippen molar-refractivity contribution in [2.75, 3.05) is 11.9 Å². The average Bonchev–Trinajstić information content (AvgIpc) is 3.51. The molecule has 2 aromatic carbocycles. The van der Waals surface area contributed by atoms with Gasteiger partial charge in [-0.15, -0.1) is 5.10 Å². The second-order valence-electron chi connectivity index (χ2n) is 8.61. The lowest BCUT2D eigenvalue weighted by Gasteiger charge is -2.27. The first-order chi connectivity index (χ1) is 16.2. The fourth-order valence-corrected chi connectivity index (χ4v) is 4.55. The second kappa shape index (κ2) is 9.03. The van der Waals surface area contributed by atoms with E-state index < -0.39 is 5.54 Å². The topological polar surface area (TPSA) is 91.5 Å². The minimum Gasteiger partial charge on any atom is -0.394 e. The molecule has 5 rings (SSSR count). The lowest BCUT2D eigenvalue weighted by atomic mass is 9.99. The zero-order valence-corrected chi connectivity index (χ0v) is 18.4. The number of carbonyl (C=O) groups is 1. The summed E-state index contributed by atoms with van der Waals surface area (Å²) in [5.74, 6) is 0.297. The van der Waals surface area contributed by atoms with Gasteiger partial charge in [0.2, 0.25) is 5.82 Å². The summed E-state index contributed by atoms with van der Waals surface area (Å²) in [6.45, 7) is 0.482. The Morgan fingerprint density at radius 1 is 1.00 bits per heavy atom. The van der Waals surface area contributed by atoms with Crippen LogP contribution in [0.4, 0.5) is 5.82 Å². The van der Waals surface area contributed by atoms with Gasteiger partial charge < -0.3 is 15.7 Å². The minimum absolute atomic E-state index is 0.0769. The smallest absolute Gasteiger partial charge is 0.291 e. The average molecular weight is 442 g/mol. The molecule has 0 spiro atoms. The summed E-state index contributed by atoms with van der Waals surface area (Å²) in [6, 6.07) is 22.1. The van der Waals surface area contributed by atoms with Gasteiger partial charge in [0, 0.05) is 18.3 Å². The Kier molecular flexibility index (Phi) is 5.79. The van der Waals surface area contributed by atoms with Crippen LogP contribution >= 0.6 is 0 Å². The molecule has 7 nitrogen and oxygen atoms in total. The van der Waals surface area contributed by atoms with E-state index in [0.717, 1.165) is 47.9 Å². The summed E-state index contributed by atoms with van der Waals surface area (Å²) < 4.78 is 1.71. The quantitative estimate of drug-likeness (QED) is 0.403. The van der Waals surface area contributed by atoms with Crippen LogP contribution in [0.1, 0.15) is 41.9 Å². The zero-order chi connectivity index (χ0) is 22.7. The molecular weight excluding hydrogens is 414 g/mol. The number of fused-ring (bicyclic) bond motifs is 1. The maximum Gasteiger partial charge on any atom is 0.291 e. The van der Waals surface area contributed by atoms with Gasteiger partial charge in [0.05, 0.1) is 12.1 Å². The Balaban J connectivity index is 1.54. The Bertz CT molecular complexity index is 1250. The molecule has 7 heteroatoms. The fraction of sp³-hybridized carbons (Fsp3) is 0.269. The molecule has 0 unspecified atom stereocenters. The monoisotopic (exact) mass is 441 g/mol. The van der Waals surface area contributed by atoms with E-state index in [1.807, 2.05) is 72.9 Å². The van der Waals surface area contributed by atoms with Crippen molar-refractivity contribution >= 4 is 17.2 Å². The third kappa shape index (κ3) is 4.32. The number of nitrogens with zero attached hydrogens (tertiary/aromatic N) is 3. The van der Waals surface area contributed by atoms with Crippen LogP contribution in [0.2, 0.25) is 0 Å². The Morgan fingerprint density at radius 2 is 1.70 bits per heavy atom. The van der Waals surface area contributed by atoms with E-state index in [1.54, 1.807) is 4.52 Å². The van der Waals surface area contributed by atoms with E-state index in [-0.39, 0.29) is 18.3 Å². The normalized spacial score (nSPS) is 14.9. The maximum absolute atomic E-state index is 13.1. The van der Waals surface area contributed by atoms with E-state index in [0.29, 0.717) is 12.4 Å². The molecule has 1 amide bonds. The summed E-state index contributed by atoms with van der Waals surface area (Å²) in [7, 11) is 0. The molecule has 0 aliphatic heterocycles. The van der Waals surface area contributed by atoms with Gasteiger partial charge in [0.25, 0.3) is 5.91 Å². The van der Waals surface area contributed by atoms with Crippen molar-refractivity contribution in [2.45, 2.75) is 37.8 Å². The predicted octanol–water partition coefficient (Wildman–Crippen LogP) is 4.04. The highest BCUT2D eigenvalue weighted by atomic mass is 16.3. The molecule has 2 heterocycles.